The molecule has 0 aliphatic heterocycles. The largest absolute Gasteiger partial charge is 0.434 e. The Morgan fingerprint density at radius 1 is 1.24 bits per heavy atom. The summed E-state index contributed by atoms with van der Waals surface area (Å²) in [5, 5.41) is 9.48. The lowest BCUT2D eigenvalue weighted by atomic mass is 9.90. The van der Waals surface area contributed by atoms with E-state index in [1.807, 2.05) is 4.57 Å². The van der Waals surface area contributed by atoms with Gasteiger partial charge in [0.1, 0.15) is 27.2 Å². The number of carbonyl (C=O) groups excluding carboxylic acids is 1. The monoisotopic (exact) mass is 539 g/mol. The highest BCUT2D eigenvalue weighted by Crippen LogP contribution is 2.37. The predicted molar refractivity (Wildman–Crippen MR) is 135 cm³/mol. The number of aromatic amines is 1. The predicted octanol–water partition coefficient (Wildman–Crippen LogP) is 4.60. The number of imidazole rings is 1. The zero-order valence-electron chi connectivity index (χ0n) is 19.1. The second-order valence-electron chi connectivity index (χ2n) is 8.72. The third-order valence-electron chi connectivity index (χ3n) is 6.37. The van der Waals surface area contributed by atoms with Crippen LogP contribution in [0.5, 0.6) is 0 Å². The molecule has 6 rings (SSSR count). The van der Waals surface area contributed by atoms with Crippen molar-refractivity contribution >= 4 is 39.9 Å². The Bertz CT molecular complexity index is 1680. The Morgan fingerprint density at radius 3 is 2.86 bits per heavy atom. The molecule has 4 aromatic heterocycles. The summed E-state index contributed by atoms with van der Waals surface area (Å²) in [7, 11) is 0. The molecule has 1 aliphatic carbocycles. The van der Waals surface area contributed by atoms with Crippen molar-refractivity contribution in [3.05, 3.63) is 68.4 Å². The maximum Gasteiger partial charge on any atom is 0.434 e. The first-order valence-corrected chi connectivity index (χ1v) is 12.8. The molecule has 13 heteroatoms. The molecule has 1 aromatic carbocycles. The van der Waals surface area contributed by atoms with E-state index in [9.17, 15) is 14.0 Å². The van der Waals surface area contributed by atoms with E-state index < -0.39 is 11.6 Å². The maximum absolute atomic E-state index is 14.9. The van der Waals surface area contributed by atoms with Gasteiger partial charge >= 0.3 is 5.76 Å². The Kier molecular flexibility index (Phi) is 6.05. The van der Waals surface area contributed by atoms with Crippen LogP contribution in [0, 0.1) is 5.82 Å². The molecule has 37 heavy (non-hydrogen) atoms. The zero-order chi connectivity index (χ0) is 25.5. The second-order valence-corrected chi connectivity index (χ2v) is 10.4. The van der Waals surface area contributed by atoms with Crippen molar-refractivity contribution in [3.8, 4) is 23.0 Å². The highest BCUT2D eigenvalue weighted by molar-refractivity contribution is 7.17. The van der Waals surface area contributed by atoms with Gasteiger partial charge in [0, 0.05) is 12.1 Å². The van der Waals surface area contributed by atoms with Crippen LogP contribution in [0.4, 0.5) is 4.39 Å². The van der Waals surface area contributed by atoms with Crippen LogP contribution in [-0.4, -0.2) is 41.7 Å². The third-order valence-corrected chi connectivity index (χ3v) is 7.48. The van der Waals surface area contributed by atoms with Gasteiger partial charge in [-0.1, -0.05) is 35.1 Å². The molecule has 0 unspecified atom stereocenters. The number of fused-ring (bicyclic) bond motifs is 1. The first-order valence-electron chi connectivity index (χ1n) is 11.6. The van der Waals surface area contributed by atoms with Gasteiger partial charge in [-0.25, -0.2) is 29.2 Å². The molecule has 1 amide bonds. The van der Waals surface area contributed by atoms with Crippen molar-refractivity contribution in [2.75, 3.05) is 0 Å². The van der Waals surface area contributed by atoms with E-state index >= 15 is 0 Å². The van der Waals surface area contributed by atoms with Crippen molar-refractivity contribution in [1.29, 1.82) is 0 Å². The molecule has 4 heterocycles. The summed E-state index contributed by atoms with van der Waals surface area (Å²) in [6, 6.07) is 7.97. The number of hydrogen-bond donors (Lipinski definition) is 2. The van der Waals surface area contributed by atoms with Crippen LogP contribution in [0.1, 0.15) is 41.5 Å². The van der Waals surface area contributed by atoms with Crippen molar-refractivity contribution in [3.63, 3.8) is 0 Å². The van der Waals surface area contributed by atoms with E-state index in [1.165, 1.54) is 12.3 Å². The molecule has 0 radical (unpaired) electrons. The van der Waals surface area contributed by atoms with Gasteiger partial charge in [-0.2, -0.15) is 0 Å². The fraction of sp³-hybridized carbons (Fsp3) is 0.250. The van der Waals surface area contributed by atoms with E-state index in [0.717, 1.165) is 30.6 Å². The lowest BCUT2D eigenvalue weighted by Crippen LogP contribution is -2.39. The van der Waals surface area contributed by atoms with E-state index in [2.05, 4.69) is 25.5 Å². The van der Waals surface area contributed by atoms with Gasteiger partial charge < -0.3 is 14.3 Å². The van der Waals surface area contributed by atoms with Crippen LogP contribution in [0.3, 0.4) is 0 Å². The SMILES string of the molecule is O=C(N[C@H]1CCC[C@@H](n2c(-c3ccccc3F)nc3cnc(-c4n[nH]c(=O)o4)cc32)C1)c1ncc(Cl)s1. The molecule has 0 bridgehead atoms. The number of amides is 1. The van der Waals surface area contributed by atoms with Crippen LogP contribution in [0.25, 0.3) is 34.0 Å². The maximum atomic E-state index is 14.9. The van der Waals surface area contributed by atoms with Gasteiger partial charge in [0.25, 0.3) is 11.8 Å². The summed E-state index contributed by atoms with van der Waals surface area (Å²) in [6.07, 6.45) is 6.06. The minimum Gasteiger partial charge on any atom is -0.386 e. The summed E-state index contributed by atoms with van der Waals surface area (Å²) in [6.45, 7) is 0. The number of pyridine rings is 1. The quantitative estimate of drug-likeness (QED) is 0.333. The molecule has 10 nitrogen and oxygen atoms in total. The highest BCUT2D eigenvalue weighted by atomic mass is 35.5. The van der Waals surface area contributed by atoms with Crippen LogP contribution in [0.15, 0.2) is 51.9 Å². The first kappa shape index (κ1) is 23.5. The van der Waals surface area contributed by atoms with E-state index in [4.69, 9.17) is 21.0 Å². The smallest absolute Gasteiger partial charge is 0.386 e. The lowest BCUT2D eigenvalue weighted by Gasteiger charge is -2.32. The number of aromatic nitrogens is 6. The van der Waals surface area contributed by atoms with E-state index in [0.29, 0.717) is 43.9 Å². The third kappa shape index (κ3) is 4.53. The molecule has 0 spiro atoms. The Balaban J connectivity index is 1.41. The lowest BCUT2D eigenvalue weighted by molar-refractivity contribution is 0.0920. The summed E-state index contributed by atoms with van der Waals surface area (Å²) in [4.78, 5) is 37.3. The topological polar surface area (TPSA) is 132 Å². The molecular formula is C24H19ClFN7O3S. The summed E-state index contributed by atoms with van der Waals surface area (Å²) in [5.41, 5.74) is 1.95. The molecule has 1 fully saturated rings. The van der Waals surface area contributed by atoms with Gasteiger partial charge in [0.2, 0.25) is 0 Å². The molecule has 1 aliphatic rings. The number of carbonyl (C=O) groups is 1. The van der Waals surface area contributed by atoms with Gasteiger partial charge in [0.05, 0.1) is 23.5 Å². The van der Waals surface area contributed by atoms with Gasteiger partial charge in [-0.15, -0.1) is 5.10 Å². The Labute approximate surface area is 217 Å². The standard InChI is InChI=1S/C24H19ClFN7O3S/c25-19-11-28-23(37-19)21(34)29-12-4-3-5-13(8-12)33-18-9-16(22-31-32-24(35)36-22)27-10-17(18)30-20(33)14-6-1-2-7-15(14)26/h1-2,6-7,9-13H,3-5,8H2,(H,29,34)(H,32,35)/t12-,13+/m0/s1. The number of hydrogen-bond acceptors (Lipinski definition) is 8. The van der Waals surface area contributed by atoms with Gasteiger partial charge in [-0.3, -0.25) is 4.79 Å². The van der Waals surface area contributed by atoms with Crippen molar-refractivity contribution in [2.24, 2.45) is 0 Å². The first-order chi connectivity index (χ1) is 18.0. The summed E-state index contributed by atoms with van der Waals surface area (Å²) in [5.74, 6) is -0.855. The molecule has 2 N–H and O–H groups in total. The Morgan fingerprint density at radius 2 is 2.11 bits per heavy atom. The van der Waals surface area contributed by atoms with Gasteiger partial charge in [-0.05, 0) is 43.9 Å². The number of halogens is 2. The normalized spacial score (nSPS) is 17.8. The number of benzene rings is 1. The number of H-pyrrole nitrogens is 1. The number of rotatable bonds is 5. The van der Waals surface area contributed by atoms with Crippen molar-refractivity contribution in [2.45, 2.75) is 37.8 Å². The summed E-state index contributed by atoms with van der Waals surface area (Å²) >= 11 is 7.07. The van der Waals surface area contributed by atoms with Crippen LogP contribution < -0.4 is 11.1 Å². The zero-order valence-corrected chi connectivity index (χ0v) is 20.7. The molecule has 0 saturated heterocycles. The fourth-order valence-corrected chi connectivity index (χ4v) is 5.61. The minimum absolute atomic E-state index is 0.0444. The fourth-order valence-electron chi connectivity index (χ4n) is 4.79. The van der Waals surface area contributed by atoms with E-state index in [1.54, 1.807) is 30.5 Å². The Hall–Kier alpha value is -3.90. The average Bonchev–Trinajstić information content (AvgIpc) is 3.62. The number of nitrogens with zero attached hydrogens (tertiary/aromatic N) is 5. The number of nitrogens with one attached hydrogen (secondary N) is 2. The van der Waals surface area contributed by atoms with Gasteiger partial charge in [0.15, 0.2) is 5.01 Å². The average molecular weight is 540 g/mol. The van der Waals surface area contributed by atoms with E-state index in [-0.39, 0.29) is 23.9 Å². The molecule has 1 saturated carbocycles. The highest BCUT2D eigenvalue weighted by Gasteiger charge is 2.30. The van der Waals surface area contributed by atoms with Crippen LogP contribution in [-0.2, 0) is 0 Å². The molecule has 188 valence electrons. The molecule has 5 aromatic rings. The molecule has 2 atom stereocenters. The number of thiazole rings is 1. The van der Waals surface area contributed by atoms with Crippen molar-refractivity contribution < 1.29 is 13.6 Å². The van der Waals surface area contributed by atoms with Crippen LogP contribution >= 0.6 is 22.9 Å². The summed E-state index contributed by atoms with van der Waals surface area (Å²) < 4.78 is 22.4. The second kappa shape index (κ2) is 9.52. The van der Waals surface area contributed by atoms with Crippen LogP contribution in [0.2, 0.25) is 4.34 Å². The minimum atomic E-state index is -0.690. The van der Waals surface area contributed by atoms with Crippen molar-refractivity contribution in [1.82, 2.24) is 35.0 Å². The molecular weight excluding hydrogens is 521 g/mol.